The summed E-state index contributed by atoms with van der Waals surface area (Å²) < 4.78 is 7.16. The number of ether oxygens (including phenoxy) is 1. The van der Waals surface area contributed by atoms with E-state index in [2.05, 4.69) is 10.4 Å². The van der Waals surface area contributed by atoms with Crippen LogP contribution in [-0.2, 0) is 21.4 Å². The number of aromatic nitrogens is 2. The number of aliphatic hydroxyl groups excluding tert-OH is 1. The van der Waals surface area contributed by atoms with Gasteiger partial charge in [0.1, 0.15) is 5.60 Å². The lowest BCUT2D eigenvalue weighted by Gasteiger charge is -2.37. The molecule has 9 nitrogen and oxygen atoms in total. The number of rotatable bonds is 2. The third-order valence-electron chi connectivity index (χ3n) is 6.14. The molecule has 2 N–H and O–H groups in total. The number of fused-ring (bicyclic) bond motifs is 1. The van der Waals surface area contributed by atoms with Crippen molar-refractivity contribution in [1.82, 2.24) is 20.0 Å². The smallest absolute Gasteiger partial charge is 0.410 e. The van der Waals surface area contributed by atoms with Crippen LogP contribution in [0.1, 0.15) is 63.1 Å². The van der Waals surface area contributed by atoms with Crippen molar-refractivity contribution in [2.45, 2.75) is 63.6 Å². The molecule has 9 heteroatoms. The van der Waals surface area contributed by atoms with Gasteiger partial charge >= 0.3 is 6.09 Å². The van der Waals surface area contributed by atoms with E-state index in [0.29, 0.717) is 31.5 Å². The van der Waals surface area contributed by atoms with Gasteiger partial charge in [-0.25, -0.2) is 4.79 Å². The van der Waals surface area contributed by atoms with E-state index in [0.717, 1.165) is 16.5 Å². The van der Waals surface area contributed by atoms with Gasteiger partial charge in [-0.1, -0.05) is 12.1 Å². The first kappa shape index (κ1) is 22.3. The average molecular weight is 443 g/mol. The number of benzene rings is 1. The van der Waals surface area contributed by atoms with Gasteiger partial charge < -0.3 is 14.7 Å². The van der Waals surface area contributed by atoms with Crippen molar-refractivity contribution in [2.24, 2.45) is 7.05 Å². The topological polar surface area (TPSA) is 114 Å². The lowest BCUT2D eigenvalue weighted by molar-refractivity contribution is -0.134. The second-order valence-corrected chi connectivity index (χ2v) is 9.68. The van der Waals surface area contributed by atoms with Crippen LogP contribution in [0, 0.1) is 0 Å². The summed E-state index contributed by atoms with van der Waals surface area (Å²) in [5.74, 6) is -1.13. The summed E-state index contributed by atoms with van der Waals surface area (Å²) in [5.41, 5.74) is 1.92. The highest BCUT2D eigenvalue weighted by Crippen LogP contribution is 2.34. The summed E-state index contributed by atoms with van der Waals surface area (Å²) in [5, 5.41) is 18.6. The maximum atomic E-state index is 12.3. The van der Waals surface area contributed by atoms with Crippen LogP contribution in [-0.4, -0.2) is 62.5 Å². The Morgan fingerprint density at radius 2 is 2.00 bits per heavy atom. The monoisotopic (exact) mass is 442 g/mol. The number of hydrogen-bond donors (Lipinski definition) is 2. The van der Waals surface area contributed by atoms with E-state index in [9.17, 15) is 19.5 Å². The number of β-amino-alcohol motifs (C(OH)–C–C–N with tert-alkyl or cyclic N) is 1. The van der Waals surface area contributed by atoms with Crippen LogP contribution >= 0.6 is 0 Å². The Kier molecular flexibility index (Phi) is 5.70. The van der Waals surface area contributed by atoms with Crippen molar-refractivity contribution in [1.29, 1.82) is 0 Å². The molecule has 172 valence electrons. The van der Waals surface area contributed by atoms with Gasteiger partial charge in [-0.3, -0.25) is 19.6 Å². The molecule has 3 heterocycles. The summed E-state index contributed by atoms with van der Waals surface area (Å²) in [6.07, 6.45) is 0.238. The van der Waals surface area contributed by atoms with Crippen molar-refractivity contribution in [2.75, 3.05) is 13.1 Å². The van der Waals surface area contributed by atoms with E-state index in [1.54, 1.807) is 9.58 Å². The van der Waals surface area contributed by atoms with Gasteiger partial charge in [0.05, 0.1) is 29.8 Å². The molecule has 1 unspecified atom stereocenters. The number of likely N-dealkylation sites (tertiary alicyclic amines) is 1. The van der Waals surface area contributed by atoms with Crippen molar-refractivity contribution in [3.05, 3.63) is 29.5 Å². The van der Waals surface area contributed by atoms with Crippen LogP contribution in [0.5, 0.6) is 0 Å². The molecule has 2 aromatic rings. The highest BCUT2D eigenvalue weighted by molar-refractivity contribution is 6.02. The summed E-state index contributed by atoms with van der Waals surface area (Å²) in [6, 6.07) is 5.88. The zero-order valence-corrected chi connectivity index (χ0v) is 18.9. The van der Waals surface area contributed by atoms with E-state index >= 15 is 0 Å². The molecule has 0 spiro atoms. The fourth-order valence-electron chi connectivity index (χ4n) is 4.56. The second kappa shape index (κ2) is 8.20. The Morgan fingerprint density at radius 3 is 2.66 bits per heavy atom. The van der Waals surface area contributed by atoms with Crippen molar-refractivity contribution < 1.29 is 24.2 Å². The number of hydrogen-bond acceptors (Lipinski definition) is 6. The molecule has 1 aromatic heterocycles. The maximum Gasteiger partial charge on any atom is 0.410 e. The SMILES string of the molecule is Cn1nc(C2CCC(=O)NC2=O)c2ccc([C@@H]3CCN(C(=O)OC(C)(C)C)C[C@@H]3O)cc21. The number of amides is 3. The third kappa shape index (κ3) is 4.34. The molecular weight excluding hydrogens is 412 g/mol. The highest BCUT2D eigenvalue weighted by atomic mass is 16.6. The van der Waals surface area contributed by atoms with Crippen LogP contribution in [0.2, 0.25) is 0 Å². The molecule has 3 atom stereocenters. The van der Waals surface area contributed by atoms with Gasteiger partial charge in [-0.15, -0.1) is 0 Å². The second-order valence-electron chi connectivity index (χ2n) is 9.68. The van der Waals surface area contributed by atoms with E-state index in [1.165, 1.54) is 0 Å². The molecule has 4 rings (SSSR count). The zero-order valence-electron chi connectivity index (χ0n) is 18.9. The van der Waals surface area contributed by atoms with Gasteiger partial charge in [-0.05, 0) is 45.2 Å². The van der Waals surface area contributed by atoms with Crippen molar-refractivity contribution in [3.8, 4) is 0 Å². The minimum Gasteiger partial charge on any atom is -0.444 e. The molecule has 0 saturated carbocycles. The Hall–Kier alpha value is -2.94. The van der Waals surface area contributed by atoms with Crippen LogP contribution < -0.4 is 5.32 Å². The quantitative estimate of drug-likeness (QED) is 0.689. The summed E-state index contributed by atoms with van der Waals surface area (Å²) in [6.45, 7) is 6.17. The number of nitrogens with zero attached hydrogens (tertiary/aromatic N) is 3. The van der Waals surface area contributed by atoms with E-state index in [4.69, 9.17) is 4.74 Å². The lowest BCUT2D eigenvalue weighted by atomic mass is 9.86. The molecule has 1 aromatic carbocycles. The van der Waals surface area contributed by atoms with Crippen LogP contribution in [0.15, 0.2) is 18.2 Å². The summed E-state index contributed by atoms with van der Waals surface area (Å²) in [4.78, 5) is 37.7. The number of aryl methyl sites for hydroxylation is 1. The first-order valence-corrected chi connectivity index (χ1v) is 11.0. The van der Waals surface area contributed by atoms with Gasteiger partial charge in [0.15, 0.2) is 0 Å². The van der Waals surface area contributed by atoms with Crippen LogP contribution in [0.25, 0.3) is 10.9 Å². The maximum absolute atomic E-state index is 12.3. The van der Waals surface area contributed by atoms with E-state index < -0.39 is 23.7 Å². The number of piperidine rings is 2. The first-order chi connectivity index (χ1) is 15.0. The zero-order chi connectivity index (χ0) is 23.2. The largest absolute Gasteiger partial charge is 0.444 e. The molecule has 2 saturated heterocycles. The number of nitrogens with one attached hydrogen (secondary N) is 1. The number of carbonyl (C=O) groups is 3. The molecule has 0 bridgehead atoms. The van der Waals surface area contributed by atoms with Gasteiger partial charge in [0.25, 0.3) is 0 Å². The van der Waals surface area contributed by atoms with Crippen LogP contribution in [0.3, 0.4) is 0 Å². The highest BCUT2D eigenvalue weighted by Gasteiger charge is 2.35. The summed E-state index contributed by atoms with van der Waals surface area (Å²) in [7, 11) is 1.82. The summed E-state index contributed by atoms with van der Waals surface area (Å²) >= 11 is 0. The predicted octanol–water partition coefficient (Wildman–Crippen LogP) is 2.18. The third-order valence-corrected chi connectivity index (χ3v) is 6.14. The molecule has 2 aliphatic heterocycles. The Balaban J connectivity index is 1.54. The number of imide groups is 1. The molecule has 2 aliphatic rings. The Bertz CT molecular complexity index is 1070. The minimum atomic E-state index is -0.712. The molecule has 0 aliphatic carbocycles. The predicted molar refractivity (Wildman–Crippen MR) is 117 cm³/mol. The van der Waals surface area contributed by atoms with Gasteiger partial charge in [0.2, 0.25) is 11.8 Å². The van der Waals surface area contributed by atoms with Crippen molar-refractivity contribution in [3.63, 3.8) is 0 Å². The standard InChI is InChI=1S/C23H30N4O5/c1-23(2,3)32-22(31)27-10-9-14(18(28)12-27)13-5-6-15-17(11-13)26(4)25-20(15)16-7-8-19(29)24-21(16)30/h5-6,11,14,16,18,28H,7-10,12H2,1-4H3,(H,24,29,30)/t14-,16?,18-/m0/s1. The molecule has 3 amide bonds. The molecular formula is C23H30N4O5. The Labute approximate surface area is 186 Å². The normalized spacial score (nSPS) is 24.5. The molecule has 32 heavy (non-hydrogen) atoms. The first-order valence-electron chi connectivity index (χ1n) is 11.0. The number of carbonyl (C=O) groups excluding carboxylic acids is 3. The lowest BCUT2D eigenvalue weighted by Crippen LogP contribution is -2.47. The Morgan fingerprint density at radius 1 is 1.25 bits per heavy atom. The average Bonchev–Trinajstić information content (AvgIpc) is 3.02. The van der Waals surface area contributed by atoms with Crippen molar-refractivity contribution >= 4 is 28.8 Å². The molecule has 2 fully saturated rings. The molecule has 0 radical (unpaired) electrons. The van der Waals surface area contributed by atoms with Gasteiger partial charge in [-0.2, -0.15) is 5.10 Å². The fourth-order valence-corrected chi connectivity index (χ4v) is 4.56. The van der Waals surface area contributed by atoms with E-state index in [1.807, 2.05) is 46.0 Å². The number of aliphatic hydroxyl groups is 1. The van der Waals surface area contributed by atoms with Crippen LogP contribution in [0.4, 0.5) is 4.79 Å². The van der Waals surface area contributed by atoms with E-state index in [-0.39, 0.29) is 24.3 Å². The van der Waals surface area contributed by atoms with Gasteiger partial charge in [0, 0.05) is 31.3 Å². The fraction of sp³-hybridized carbons (Fsp3) is 0.565. The minimum absolute atomic E-state index is 0.118.